The quantitative estimate of drug-likeness (QED) is 0.295. The van der Waals surface area contributed by atoms with E-state index < -0.39 is 0 Å². The number of aromatic nitrogens is 2. The third kappa shape index (κ3) is 6.31. The van der Waals surface area contributed by atoms with E-state index in [1.807, 2.05) is 18.2 Å². The van der Waals surface area contributed by atoms with Gasteiger partial charge in [0.05, 0.1) is 32.3 Å². The molecular weight excluding hydrogens is 498 g/mol. The van der Waals surface area contributed by atoms with Crippen LogP contribution in [0, 0.1) is 5.92 Å². The molecule has 200 valence electrons. The zero-order valence-corrected chi connectivity index (χ0v) is 22.6. The average molecular weight is 534 g/mol. The van der Waals surface area contributed by atoms with Crippen LogP contribution < -0.4 is 0 Å². The third-order valence-corrected chi connectivity index (χ3v) is 8.00. The number of thiocarbonyl (C=S) groups is 1. The molecule has 2 fully saturated rings. The van der Waals surface area contributed by atoms with Crippen LogP contribution >= 0.6 is 12.2 Å². The van der Waals surface area contributed by atoms with Crippen molar-refractivity contribution in [3.05, 3.63) is 78.9 Å². The van der Waals surface area contributed by atoms with Crippen molar-refractivity contribution in [3.8, 4) is 11.1 Å². The van der Waals surface area contributed by atoms with Crippen molar-refractivity contribution in [2.24, 2.45) is 5.92 Å². The second kappa shape index (κ2) is 12.7. The predicted molar refractivity (Wildman–Crippen MR) is 150 cm³/mol. The second-order valence-corrected chi connectivity index (χ2v) is 10.4. The molecule has 38 heavy (non-hydrogen) atoms. The Bertz CT molecular complexity index is 1180. The van der Waals surface area contributed by atoms with E-state index in [2.05, 4.69) is 46.3 Å². The van der Waals surface area contributed by atoms with Gasteiger partial charge in [0.1, 0.15) is 12.4 Å². The number of benzene rings is 2. The molecule has 5 rings (SSSR count). The summed E-state index contributed by atoms with van der Waals surface area (Å²) in [6.45, 7) is 2.42. The van der Waals surface area contributed by atoms with Crippen LogP contribution in [0.2, 0.25) is 0 Å². The fourth-order valence-electron chi connectivity index (χ4n) is 5.78. The van der Waals surface area contributed by atoms with Gasteiger partial charge in [0.25, 0.3) is 5.17 Å². The van der Waals surface area contributed by atoms with Crippen LogP contribution in [0.25, 0.3) is 11.1 Å². The highest BCUT2D eigenvalue weighted by Gasteiger charge is 2.49. The maximum atomic E-state index is 12.5. The first-order chi connectivity index (χ1) is 18.6. The predicted octanol–water partition coefficient (Wildman–Crippen LogP) is 5.09. The number of rotatable bonds is 8. The summed E-state index contributed by atoms with van der Waals surface area (Å²) in [6.07, 6.45) is 9.20. The second-order valence-electron chi connectivity index (χ2n) is 10.1. The molecule has 1 aromatic heterocycles. The maximum Gasteiger partial charge on any atom is 0.305 e. The lowest BCUT2D eigenvalue weighted by atomic mass is 9.94. The molecule has 0 spiro atoms. The number of likely N-dealkylation sites (tertiary alicyclic amines) is 1. The molecule has 8 heteroatoms. The largest absolute Gasteiger partial charge is 0.469 e. The number of hydrogen-bond acceptors (Lipinski definition) is 7. The molecule has 1 saturated heterocycles. The smallest absolute Gasteiger partial charge is 0.305 e. The summed E-state index contributed by atoms with van der Waals surface area (Å²) in [5, 5.41) is 0.364. The molecule has 0 unspecified atom stereocenters. The summed E-state index contributed by atoms with van der Waals surface area (Å²) >= 11 is 5.60. The van der Waals surface area contributed by atoms with Gasteiger partial charge in [-0.15, -0.1) is 0 Å². The molecule has 4 atom stereocenters. The minimum absolute atomic E-state index is 0.0151. The number of nitrogens with zero attached hydrogens (tertiary/aromatic N) is 3. The number of carbonyl (C=O) groups is 1. The number of ether oxygens (including phenoxy) is 3. The monoisotopic (exact) mass is 533 g/mol. The minimum Gasteiger partial charge on any atom is -0.469 e. The summed E-state index contributed by atoms with van der Waals surface area (Å²) in [7, 11) is 1.44. The Labute approximate surface area is 229 Å². The Morgan fingerprint density at radius 1 is 1.00 bits per heavy atom. The lowest BCUT2D eigenvalue weighted by Gasteiger charge is -2.38. The average Bonchev–Trinajstić information content (AvgIpc) is 3.62. The van der Waals surface area contributed by atoms with Crippen LogP contribution in [-0.4, -0.2) is 64.0 Å². The Kier molecular flexibility index (Phi) is 8.83. The highest BCUT2D eigenvalue weighted by molar-refractivity contribution is 7.80. The molecule has 0 bridgehead atoms. The van der Waals surface area contributed by atoms with Crippen LogP contribution in [-0.2, 0) is 25.6 Å². The molecule has 1 saturated carbocycles. The highest BCUT2D eigenvalue weighted by Crippen LogP contribution is 2.39. The summed E-state index contributed by atoms with van der Waals surface area (Å²) in [5.74, 6) is -0.282. The maximum absolute atomic E-state index is 12.5. The topological polar surface area (TPSA) is 65.8 Å². The van der Waals surface area contributed by atoms with E-state index in [9.17, 15) is 4.79 Å². The molecule has 0 amide bonds. The number of carbonyl (C=O) groups excluding carboxylic acids is 1. The van der Waals surface area contributed by atoms with Crippen molar-refractivity contribution >= 4 is 23.4 Å². The molecule has 0 radical (unpaired) electrons. The van der Waals surface area contributed by atoms with Crippen LogP contribution in [0.15, 0.2) is 73.3 Å². The molecule has 2 aliphatic rings. The molecule has 1 aliphatic heterocycles. The molecular formula is C30H35N3O4S. The van der Waals surface area contributed by atoms with Gasteiger partial charge in [-0.25, -0.2) is 4.98 Å². The van der Waals surface area contributed by atoms with Gasteiger partial charge in [-0.05, 0) is 54.8 Å². The number of methoxy groups -OCH3 is 1. The van der Waals surface area contributed by atoms with Gasteiger partial charge < -0.3 is 14.2 Å². The number of esters is 1. The van der Waals surface area contributed by atoms with E-state index in [1.54, 1.807) is 23.3 Å². The van der Waals surface area contributed by atoms with E-state index in [1.165, 1.54) is 24.7 Å². The summed E-state index contributed by atoms with van der Waals surface area (Å²) in [4.78, 5) is 19.1. The Hall–Kier alpha value is -3.07. The van der Waals surface area contributed by atoms with Gasteiger partial charge >= 0.3 is 5.97 Å². The SMILES string of the molecule is COC(=O)C[C@@H]1[C@@H](N2CCCCC2)[C@H](OC(=S)n2ccnc2)C[C@@H]1OCc1ccc(-c2ccccc2)cc1. The van der Waals surface area contributed by atoms with Crippen molar-refractivity contribution in [1.29, 1.82) is 0 Å². The lowest BCUT2D eigenvalue weighted by Crippen LogP contribution is -2.49. The number of imidazole rings is 1. The standard InChI is InChI=1S/C30H35N3O4S/c1-35-28(34)18-25-26(36-20-22-10-12-24(13-11-22)23-8-4-2-5-9-23)19-27(29(25)32-15-6-3-7-16-32)37-30(38)33-17-14-31-21-33/h2,4-5,8-14,17,21,25-27,29H,3,6-7,15-16,18-20H2,1H3/t25-,26-,27+,29+/m0/s1. The van der Waals surface area contributed by atoms with E-state index in [0.29, 0.717) is 18.2 Å². The summed E-state index contributed by atoms with van der Waals surface area (Å²) < 4.78 is 19.7. The van der Waals surface area contributed by atoms with Crippen molar-refractivity contribution in [1.82, 2.24) is 14.5 Å². The van der Waals surface area contributed by atoms with Gasteiger partial charge in [0, 0.05) is 24.7 Å². The van der Waals surface area contributed by atoms with E-state index in [-0.39, 0.29) is 36.6 Å². The first kappa shape index (κ1) is 26.5. The van der Waals surface area contributed by atoms with Crippen molar-refractivity contribution < 1.29 is 19.0 Å². The molecule has 0 N–H and O–H groups in total. The van der Waals surface area contributed by atoms with E-state index in [4.69, 9.17) is 26.4 Å². The molecule has 7 nitrogen and oxygen atoms in total. The van der Waals surface area contributed by atoms with E-state index in [0.717, 1.165) is 31.5 Å². The van der Waals surface area contributed by atoms with Crippen molar-refractivity contribution in [2.45, 2.75) is 57.0 Å². The zero-order chi connectivity index (χ0) is 26.3. The fraction of sp³-hybridized carbons (Fsp3) is 0.433. The van der Waals surface area contributed by atoms with Gasteiger partial charge in [0.2, 0.25) is 0 Å². The minimum atomic E-state index is -0.226. The van der Waals surface area contributed by atoms with Crippen LogP contribution in [0.3, 0.4) is 0 Å². The summed E-state index contributed by atoms with van der Waals surface area (Å²) in [5.41, 5.74) is 3.45. The van der Waals surface area contributed by atoms with Crippen LogP contribution in [0.5, 0.6) is 0 Å². The molecule has 1 aliphatic carbocycles. The fourth-order valence-corrected chi connectivity index (χ4v) is 6.02. The Morgan fingerprint density at radius 3 is 2.42 bits per heavy atom. The molecule has 2 heterocycles. The Balaban J connectivity index is 1.33. The lowest BCUT2D eigenvalue weighted by molar-refractivity contribution is -0.143. The van der Waals surface area contributed by atoms with E-state index >= 15 is 0 Å². The van der Waals surface area contributed by atoms with Crippen LogP contribution in [0.1, 0.15) is 37.7 Å². The van der Waals surface area contributed by atoms with Crippen molar-refractivity contribution in [2.75, 3.05) is 20.2 Å². The molecule has 3 aromatic rings. The van der Waals surface area contributed by atoms with Crippen molar-refractivity contribution in [3.63, 3.8) is 0 Å². The number of hydrogen-bond donors (Lipinski definition) is 0. The van der Waals surface area contributed by atoms with Crippen LogP contribution in [0.4, 0.5) is 0 Å². The first-order valence-electron chi connectivity index (χ1n) is 13.4. The highest BCUT2D eigenvalue weighted by atomic mass is 32.1. The van der Waals surface area contributed by atoms with Gasteiger partial charge in [-0.3, -0.25) is 14.3 Å². The number of piperidine rings is 1. The van der Waals surface area contributed by atoms with Gasteiger partial charge in [-0.2, -0.15) is 0 Å². The normalized spacial score (nSPS) is 23.7. The van der Waals surface area contributed by atoms with Gasteiger partial charge in [0.15, 0.2) is 0 Å². The first-order valence-corrected chi connectivity index (χ1v) is 13.8. The molecule has 2 aromatic carbocycles. The van der Waals surface area contributed by atoms with Gasteiger partial charge in [-0.1, -0.05) is 61.0 Å². The zero-order valence-electron chi connectivity index (χ0n) is 21.8. The Morgan fingerprint density at radius 2 is 1.74 bits per heavy atom. The third-order valence-electron chi connectivity index (χ3n) is 7.70. The summed E-state index contributed by atoms with van der Waals surface area (Å²) in [6, 6.07) is 18.8.